The molecule has 1 aromatic heterocycles. The number of aryl methyl sites for hydroxylation is 1. The summed E-state index contributed by atoms with van der Waals surface area (Å²) in [5, 5.41) is 9.15. The van der Waals surface area contributed by atoms with Crippen LogP contribution in [0.4, 0.5) is 11.4 Å². The van der Waals surface area contributed by atoms with Crippen molar-refractivity contribution in [2.45, 2.75) is 71.1 Å². The Bertz CT molecular complexity index is 3660. The highest BCUT2D eigenvalue weighted by molar-refractivity contribution is 6.74. The fraction of sp³-hybridized carbons (Fsp3) is 0.175. The lowest BCUT2D eigenvalue weighted by Gasteiger charge is -2.28. The van der Waals surface area contributed by atoms with Crippen molar-refractivity contribution in [3.05, 3.63) is 198 Å². The van der Waals surface area contributed by atoms with Crippen LogP contribution in [-0.4, -0.2) is 11.8 Å². The van der Waals surface area contributed by atoms with E-state index in [1.54, 1.807) is 0 Å². The fourth-order valence-corrected chi connectivity index (χ4v) is 12.4. The Morgan fingerprint density at radius 2 is 1.18 bits per heavy atom. The third-order valence-corrected chi connectivity index (χ3v) is 15.8. The summed E-state index contributed by atoms with van der Waals surface area (Å²) in [7, 11) is 0.836. The standard InChI is InChI=1S/C63H53BN2/c1-6-7-8-17-38-26-30-41(31-27-38)65-55-25-16-13-22-46(55)49-35-47(40-28-32-45-43-20-11-14-23-50(43)62(2,3)52(45)34-40)59-58-42-19-10-9-18-39(42)29-33-56(58)66-57-36-48-44-21-12-15-24-51(44)63(4,5)53(48)37-54(57)64-60(49)61(59)66/h9-16,18-37,64-65H,6-8,17H2,1-5H3. The molecular formula is C63H53BN2. The Morgan fingerprint density at radius 1 is 0.515 bits per heavy atom. The molecule has 0 bridgehead atoms. The predicted molar refractivity (Wildman–Crippen MR) is 284 cm³/mol. The molecule has 0 unspecified atom stereocenters. The second-order valence-electron chi connectivity index (χ2n) is 20.3. The first-order chi connectivity index (χ1) is 32.2. The van der Waals surface area contributed by atoms with E-state index in [1.165, 1.54) is 141 Å². The Balaban J connectivity index is 1.11. The zero-order valence-corrected chi connectivity index (χ0v) is 38.6. The quantitative estimate of drug-likeness (QED) is 0.119. The Morgan fingerprint density at radius 3 is 1.95 bits per heavy atom. The van der Waals surface area contributed by atoms with Gasteiger partial charge in [-0.15, -0.1) is 0 Å². The Labute approximate surface area is 389 Å². The van der Waals surface area contributed by atoms with Gasteiger partial charge in [-0.3, -0.25) is 0 Å². The van der Waals surface area contributed by atoms with Gasteiger partial charge in [0, 0.05) is 49.7 Å². The number of nitrogens with one attached hydrogen (secondary N) is 1. The van der Waals surface area contributed by atoms with Gasteiger partial charge < -0.3 is 9.88 Å². The van der Waals surface area contributed by atoms with Crippen molar-refractivity contribution in [1.82, 2.24) is 4.57 Å². The predicted octanol–water partition coefficient (Wildman–Crippen LogP) is 15.1. The highest BCUT2D eigenvalue weighted by Gasteiger charge is 2.39. The highest BCUT2D eigenvalue weighted by atomic mass is 15.0. The van der Waals surface area contributed by atoms with Gasteiger partial charge in [-0.1, -0.05) is 180 Å². The lowest BCUT2D eigenvalue weighted by Crippen LogP contribution is -2.38. The molecule has 2 nitrogen and oxygen atoms in total. The minimum absolute atomic E-state index is 0.0960. The average Bonchev–Trinajstić information content (AvgIpc) is 3.90. The van der Waals surface area contributed by atoms with Gasteiger partial charge in [0.1, 0.15) is 0 Å². The number of nitrogens with zero attached hydrogens (tertiary/aromatic N) is 1. The van der Waals surface area contributed by atoms with Crippen molar-refractivity contribution in [2.75, 3.05) is 5.32 Å². The van der Waals surface area contributed by atoms with E-state index in [1.807, 2.05) is 0 Å². The molecule has 2 aliphatic carbocycles. The van der Waals surface area contributed by atoms with Crippen LogP contribution in [0.25, 0.3) is 82.8 Å². The smallest absolute Gasteiger partial charge is 0.198 e. The second-order valence-corrected chi connectivity index (χ2v) is 20.3. The van der Waals surface area contributed by atoms with Crippen LogP contribution in [0.15, 0.2) is 170 Å². The molecule has 2 heterocycles. The van der Waals surface area contributed by atoms with E-state index in [-0.39, 0.29) is 10.8 Å². The minimum atomic E-state index is -0.124. The SMILES string of the molecule is CCCCCc1ccc(Nc2ccccc2-c2cc(-c3ccc4c(c3)C(C)(C)c3ccccc3-4)c3c4c5ccccc5ccc4n4c3c2Bc2cc3c(cc2-4)-c2ccccc2C3(C)C)cc1. The van der Waals surface area contributed by atoms with Crippen LogP contribution in [-0.2, 0) is 17.3 Å². The van der Waals surface area contributed by atoms with Crippen LogP contribution >= 0.6 is 0 Å². The van der Waals surface area contributed by atoms with E-state index in [0.29, 0.717) is 0 Å². The van der Waals surface area contributed by atoms with Gasteiger partial charge in [-0.05, 0) is 138 Å². The molecule has 0 radical (unpaired) electrons. The summed E-state index contributed by atoms with van der Waals surface area (Å²) in [6, 6.07) is 65.0. The minimum Gasteiger partial charge on any atom is -0.355 e. The molecule has 1 N–H and O–H groups in total. The lowest BCUT2D eigenvalue weighted by molar-refractivity contribution is 0.660. The number of hydrogen-bond acceptors (Lipinski definition) is 1. The molecule has 9 aromatic carbocycles. The van der Waals surface area contributed by atoms with E-state index in [9.17, 15) is 0 Å². The largest absolute Gasteiger partial charge is 0.355 e. The van der Waals surface area contributed by atoms with Crippen LogP contribution in [0.3, 0.4) is 0 Å². The van der Waals surface area contributed by atoms with Crippen molar-refractivity contribution in [1.29, 1.82) is 0 Å². The molecule has 66 heavy (non-hydrogen) atoms. The summed E-state index contributed by atoms with van der Waals surface area (Å²) < 4.78 is 2.66. The van der Waals surface area contributed by atoms with E-state index in [4.69, 9.17) is 0 Å². The first kappa shape index (κ1) is 39.3. The second kappa shape index (κ2) is 14.5. The number of fused-ring (bicyclic) bond motifs is 13. The molecule has 0 atom stereocenters. The summed E-state index contributed by atoms with van der Waals surface area (Å²) in [6.07, 6.45) is 4.87. The fourth-order valence-electron chi connectivity index (χ4n) is 12.4. The number of para-hydroxylation sites is 1. The molecule has 0 spiro atoms. The van der Waals surface area contributed by atoms with Crippen LogP contribution < -0.4 is 16.2 Å². The van der Waals surface area contributed by atoms with Crippen molar-refractivity contribution < 1.29 is 0 Å². The maximum absolute atomic E-state index is 3.93. The Hall–Kier alpha value is -7.10. The van der Waals surface area contributed by atoms with Crippen LogP contribution in [0.2, 0.25) is 0 Å². The van der Waals surface area contributed by atoms with E-state index in [2.05, 4.69) is 214 Å². The normalized spacial score (nSPS) is 14.4. The maximum atomic E-state index is 3.93. The first-order valence-electron chi connectivity index (χ1n) is 24.2. The van der Waals surface area contributed by atoms with Gasteiger partial charge in [0.25, 0.3) is 0 Å². The number of hydrogen-bond donors (Lipinski definition) is 1. The van der Waals surface area contributed by atoms with E-state index in [0.717, 1.165) is 25.1 Å². The van der Waals surface area contributed by atoms with Gasteiger partial charge in [0.2, 0.25) is 0 Å². The Kier molecular flexibility index (Phi) is 8.60. The molecule has 13 rings (SSSR count). The van der Waals surface area contributed by atoms with Crippen molar-refractivity contribution in [3.8, 4) is 50.2 Å². The maximum Gasteiger partial charge on any atom is 0.198 e. The van der Waals surface area contributed by atoms with Gasteiger partial charge in [-0.25, -0.2) is 0 Å². The number of rotatable bonds is 8. The summed E-state index contributed by atoms with van der Waals surface area (Å²) in [4.78, 5) is 0. The molecule has 0 fully saturated rings. The first-order valence-corrected chi connectivity index (χ1v) is 24.2. The van der Waals surface area contributed by atoms with Crippen molar-refractivity contribution in [2.24, 2.45) is 0 Å². The number of aromatic nitrogens is 1. The molecule has 0 saturated carbocycles. The van der Waals surface area contributed by atoms with E-state index < -0.39 is 0 Å². The average molecular weight is 849 g/mol. The molecule has 0 saturated heterocycles. The molecule has 318 valence electrons. The molecule has 3 heteroatoms. The zero-order valence-electron chi connectivity index (χ0n) is 38.6. The monoisotopic (exact) mass is 848 g/mol. The van der Waals surface area contributed by atoms with Crippen LogP contribution in [0.5, 0.6) is 0 Å². The topological polar surface area (TPSA) is 17.0 Å². The number of benzene rings is 9. The summed E-state index contributed by atoms with van der Waals surface area (Å²) in [5.74, 6) is 0. The van der Waals surface area contributed by atoms with Gasteiger partial charge in [0.15, 0.2) is 7.28 Å². The third kappa shape index (κ3) is 5.62. The molecule has 1 aliphatic heterocycles. The third-order valence-electron chi connectivity index (χ3n) is 15.8. The van der Waals surface area contributed by atoms with Crippen LogP contribution in [0.1, 0.15) is 81.7 Å². The highest BCUT2D eigenvalue weighted by Crippen LogP contribution is 2.53. The molecule has 10 aromatic rings. The van der Waals surface area contributed by atoms with E-state index >= 15 is 0 Å². The molecule has 0 amide bonds. The number of anilines is 2. The van der Waals surface area contributed by atoms with Crippen molar-refractivity contribution in [3.63, 3.8) is 0 Å². The van der Waals surface area contributed by atoms with Crippen LogP contribution in [0, 0.1) is 0 Å². The zero-order chi connectivity index (χ0) is 44.5. The lowest BCUT2D eigenvalue weighted by atomic mass is 9.58. The van der Waals surface area contributed by atoms with Crippen molar-refractivity contribution >= 4 is 62.2 Å². The number of unbranched alkanes of at least 4 members (excludes halogenated alkanes) is 2. The summed E-state index contributed by atoms with van der Waals surface area (Å²) in [6.45, 7) is 11.9. The summed E-state index contributed by atoms with van der Waals surface area (Å²) in [5.41, 5.74) is 26.1. The summed E-state index contributed by atoms with van der Waals surface area (Å²) >= 11 is 0. The molecular weight excluding hydrogens is 796 g/mol. The molecule has 3 aliphatic rings. The van der Waals surface area contributed by atoms with Gasteiger partial charge >= 0.3 is 0 Å². The van der Waals surface area contributed by atoms with Gasteiger partial charge in [-0.2, -0.15) is 0 Å². The van der Waals surface area contributed by atoms with Gasteiger partial charge in [0.05, 0.1) is 5.52 Å².